The molecule has 0 radical (unpaired) electrons. The van der Waals surface area contributed by atoms with Gasteiger partial charge in [-0.2, -0.15) is 0 Å². The third-order valence-electron chi connectivity index (χ3n) is 4.64. The van der Waals surface area contributed by atoms with Gasteiger partial charge in [0.05, 0.1) is 5.54 Å². The summed E-state index contributed by atoms with van der Waals surface area (Å²) in [6.45, 7) is 4.51. The molecule has 1 aliphatic carbocycles. The molecular formula is C17H25ClN2O. The van der Waals surface area contributed by atoms with Gasteiger partial charge in [0.1, 0.15) is 0 Å². The highest BCUT2D eigenvalue weighted by atomic mass is 35.5. The maximum Gasteiger partial charge on any atom is 0.239 e. The molecule has 1 unspecified atom stereocenters. The Kier molecular flexibility index (Phi) is 4.95. The van der Waals surface area contributed by atoms with Crippen LogP contribution in [0.4, 0.5) is 0 Å². The van der Waals surface area contributed by atoms with Crippen LogP contribution in [-0.4, -0.2) is 18.0 Å². The number of amides is 1. The minimum atomic E-state index is -0.778. The molecule has 0 aromatic heterocycles. The van der Waals surface area contributed by atoms with Crippen LogP contribution in [0, 0.1) is 0 Å². The van der Waals surface area contributed by atoms with E-state index < -0.39 is 5.54 Å². The smallest absolute Gasteiger partial charge is 0.239 e. The van der Waals surface area contributed by atoms with Gasteiger partial charge >= 0.3 is 0 Å². The van der Waals surface area contributed by atoms with Crippen molar-refractivity contribution in [1.82, 2.24) is 5.32 Å². The van der Waals surface area contributed by atoms with Crippen molar-refractivity contribution in [3.05, 3.63) is 34.9 Å². The number of hydrogen-bond donors (Lipinski definition) is 2. The van der Waals surface area contributed by atoms with Crippen molar-refractivity contribution in [2.45, 2.75) is 56.9 Å². The van der Waals surface area contributed by atoms with Gasteiger partial charge in [0, 0.05) is 17.0 Å². The molecule has 1 aromatic carbocycles. The van der Waals surface area contributed by atoms with Crippen molar-refractivity contribution in [3.8, 4) is 0 Å². The standard InChI is InChI=1S/C17H25ClN2O/c1-3-9-16(2,19)15(21)20-12-17(10-4-11-17)13-5-7-14(18)8-6-13/h5-8H,3-4,9-12,19H2,1-2H3,(H,20,21). The van der Waals surface area contributed by atoms with Crippen LogP contribution in [0.1, 0.15) is 51.5 Å². The van der Waals surface area contributed by atoms with Crippen molar-refractivity contribution in [3.63, 3.8) is 0 Å². The van der Waals surface area contributed by atoms with Crippen molar-refractivity contribution in [1.29, 1.82) is 0 Å². The maximum absolute atomic E-state index is 12.3. The minimum Gasteiger partial charge on any atom is -0.354 e. The molecule has 1 saturated carbocycles. The largest absolute Gasteiger partial charge is 0.354 e. The van der Waals surface area contributed by atoms with Gasteiger partial charge in [0.2, 0.25) is 5.91 Å². The molecule has 21 heavy (non-hydrogen) atoms. The molecular weight excluding hydrogens is 284 g/mol. The first-order valence-corrected chi connectivity index (χ1v) is 8.11. The van der Waals surface area contributed by atoms with E-state index in [1.165, 1.54) is 12.0 Å². The summed E-state index contributed by atoms with van der Waals surface area (Å²) in [4.78, 5) is 12.3. The molecule has 116 valence electrons. The lowest BCUT2D eigenvalue weighted by molar-refractivity contribution is -0.126. The third kappa shape index (κ3) is 3.58. The van der Waals surface area contributed by atoms with Crippen LogP contribution in [-0.2, 0) is 10.2 Å². The molecule has 0 heterocycles. The Morgan fingerprint density at radius 2 is 2.00 bits per heavy atom. The van der Waals surface area contributed by atoms with Gasteiger partial charge in [-0.15, -0.1) is 0 Å². The van der Waals surface area contributed by atoms with Gasteiger partial charge in [-0.3, -0.25) is 4.79 Å². The zero-order valence-corrected chi connectivity index (χ0v) is 13.7. The van der Waals surface area contributed by atoms with E-state index in [1.807, 2.05) is 26.0 Å². The highest BCUT2D eigenvalue weighted by molar-refractivity contribution is 6.30. The van der Waals surface area contributed by atoms with Crippen LogP contribution in [0.15, 0.2) is 24.3 Å². The Labute approximate surface area is 132 Å². The molecule has 1 aromatic rings. The Bertz CT molecular complexity index is 492. The summed E-state index contributed by atoms with van der Waals surface area (Å²) in [6.07, 6.45) is 5.01. The molecule has 0 bridgehead atoms. The van der Waals surface area contributed by atoms with Crippen molar-refractivity contribution < 1.29 is 4.79 Å². The predicted molar refractivity (Wildman–Crippen MR) is 87.5 cm³/mol. The molecule has 1 fully saturated rings. The normalized spacial score (nSPS) is 19.4. The molecule has 1 amide bonds. The second kappa shape index (κ2) is 6.37. The van der Waals surface area contributed by atoms with E-state index in [0.717, 1.165) is 24.3 Å². The number of nitrogens with two attached hydrogens (primary N) is 1. The minimum absolute atomic E-state index is 0.0513. The van der Waals surface area contributed by atoms with E-state index in [4.69, 9.17) is 17.3 Å². The number of carbonyl (C=O) groups is 1. The summed E-state index contributed by atoms with van der Waals surface area (Å²) < 4.78 is 0. The van der Waals surface area contributed by atoms with Crippen molar-refractivity contribution in [2.24, 2.45) is 5.73 Å². The second-order valence-electron chi connectivity index (χ2n) is 6.49. The number of hydrogen-bond acceptors (Lipinski definition) is 2. The Morgan fingerprint density at radius 1 is 1.38 bits per heavy atom. The summed E-state index contributed by atoms with van der Waals surface area (Å²) >= 11 is 5.96. The van der Waals surface area contributed by atoms with Crippen LogP contribution in [0.25, 0.3) is 0 Å². The van der Waals surface area contributed by atoms with Crippen LogP contribution >= 0.6 is 11.6 Å². The number of nitrogens with one attached hydrogen (secondary N) is 1. The van der Waals surface area contributed by atoms with Gasteiger partial charge < -0.3 is 11.1 Å². The zero-order valence-electron chi connectivity index (χ0n) is 12.9. The van der Waals surface area contributed by atoms with E-state index >= 15 is 0 Å². The fraction of sp³-hybridized carbons (Fsp3) is 0.588. The van der Waals surface area contributed by atoms with Crippen molar-refractivity contribution >= 4 is 17.5 Å². The predicted octanol–water partition coefficient (Wildman–Crippen LogP) is 3.40. The van der Waals surface area contributed by atoms with Crippen LogP contribution < -0.4 is 11.1 Å². The molecule has 1 aliphatic rings. The average Bonchev–Trinajstić information content (AvgIpc) is 2.39. The third-order valence-corrected chi connectivity index (χ3v) is 4.89. The Morgan fingerprint density at radius 3 is 2.48 bits per heavy atom. The maximum atomic E-state index is 12.3. The second-order valence-corrected chi connectivity index (χ2v) is 6.93. The SMILES string of the molecule is CCCC(C)(N)C(=O)NCC1(c2ccc(Cl)cc2)CCC1. The van der Waals surface area contributed by atoms with E-state index in [9.17, 15) is 4.79 Å². The number of rotatable bonds is 6. The fourth-order valence-electron chi connectivity index (χ4n) is 3.06. The van der Waals surface area contributed by atoms with Crippen LogP contribution in [0.3, 0.4) is 0 Å². The van der Waals surface area contributed by atoms with Gasteiger partial charge in [0.15, 0.2) is 0 Å². The highest BCUT2D eigenvalue weighted by Crippen LogP contribution is 2.43. The summed E-state index contributed by atoms with van der Waals surface area (Å²) in [5.74, 6) is -0.0513. The zero-order chi connectivity index (χ0) is 15.5. The van der Waals surface area contributed by atoms with E-state index in [-0.39, 0.29) is 11.3 Å². The molecule has 0 spiro atoms. The molecule has 4 heteroatoms. The van der Waals surface area contributed by atoms with Crippen molar-refractivity contribution in [2.75, 3.05) is 6.54 Å². The lowest BCUT2D eigenvalue weighted by Gasteiger charge is -2.43. The molecule has 0 saturated heterocycles. The van der Waals surface area contributed by atoms with E-state index in [2.05, 4.69) is 17.4 Å². The Balaban J connectivity index is 2.03. The van der Waals surface area contributed by atoms with Crippen LogP contribution in [0.5, 0.6) is 0 Å². The highest BCUT2D eigenvalue weighted by Gasteiger charge is 2.40. The molecule has 3 N–H and O–H groups in total. The number of benzene rings is 1. The van der Waals surface area contributed by atoms with Crippen LogP contribution in [0.2, 0.25) is 5.02 Å². The van der Waals surface area contributed by atoms with Gasteiger partial charge in [-0.1, -0.05) is 43.5 Å². The lowest BCUT2D eigenvalue weighted by Crippen LogP contribution is -2.55. The Hall–Kier alpha value is -1.06. The summed E-state index contributed by atoms with van der Waals surface area (Å²) in [6, 6.07) is 7.98. The van der Waals surface area contributed by atoms with E-state index in [1.54, 1.807) is 0 Å². The molecule has 1 atom stereocenters. The monoisotopic (exact) mass is 308 g/mol. The van der Waals surface area contributed by atoms with Gasteiger partial charge in [0.25, 0.3) is 0 Å². The first-order valence-electron chi connectivity index (χ1n) is 7.73. The summed E-state index contributed by atoms with van der Waals surface area (Å²) in [7, 11) is 0. The van der Waals surface area contributed by atoms with E-state index in [0.29, 0.717) is 13.0 Å². The lowest BCUT2D eigenvalue weighted by atomic mass is 9.64. The first kappa shape index (κ1) is 16.3. The van der Waals surface area contributed by atoms with Gasteiger partial charge in [-0.05, 0) is 43.9 Å². The first-order chi connectivity index (χ1) is 9.89. The fourth-order valence-corrected chi connectivity index (χ4v) is 3.18. The molecule has 2 rings (SSSR count). The summed E-state index contributed by atoms with van der Waals surface area (Å²) in [5.41, 5.74) is 6.63. The molecule has 3 nitrogen and oxygen atoms in total. The van der Waals surface area contributed by atoms with Gasteiger partial charge in [-0.25, -0.2) is 0 Å². The average molecular weight is 309 g/mol. The topological polar surface area (TPSA) is 55.1 Å². The summed E-state index contributed by atoms with van der Waals surface area (Å²) in [5, 5.41) is 3.81. The quantitative estimate of drug-likeness (QED) is 0.846. The number of carbonyl (C=O) groups excluding carboxylic acids is 1. The number of halogens is 1. The molecule has 0 aliphatic heterocycles.